The molecule has 2 heterocycles. The minimum atomic E-state index is -4.59. The summed E-state index contributed by atoms with van der Waals surface area (Å²) in [7, 11) is 0. The van der Waals surface area contributed by atoms with Gasteiger partial charge in [-0.05, 0) is 25.1 Å². The number of anilines is 1. The predicted molar refractivity (Wildman–Crippen MR) is 91.4 cm³/mol. The fourth-order valence-corrected chi connectivity index (χ4v) is 2.95. The number of urea groups is 1. The van der Waals surface area contributed by atoms with Crippen LogP contribution in [-0.2, 0) is 12.7 Å². The lowest BCUT2D eigenvalue weighted by Gasteiger charge is -2.33. The number of amides is 2. The van der Waals surface area contributed by atoms with Crippen molar-refractivity contribution < 1.29 is 22.5 Å². The first kappa shape index (κ1) is 19.4. The highest BCUT2D eigenvalue weighted by molar-refractivity contribution is 6.31. The van der Waals surface area contributed by atoms with Crippen LogP contribution in [0.3, 0.4) is 0 Å². The van der Waals surface area contributed by atoms with E-state index < -0.39 is 22.8 Å². The van der Waals surface area contributed by atoms with E-state index in [4.69, 9.17) is 16.1 Å². The van der Waals surface area contributed by atoms with Gasteiger partial charge >= 0.3 is 12.2 Å². The third-order valence-corrected chi connectivity index (χ3v) is 4.44. The van der Waals surface area contributed by atoms with Crippen molar-refractivity contribution in [3.63, 3.8) is 0 Å². The molecule has 1 fully saturated rings. The Morgan fingerprint density at radius 1 is 1.30 bits per heavy atom. The van der Waals surface area contributed by atoms with Gasteiger partial charge in [-0.15, -0.1) is 0 Å². The van der Waals surface area contributed by atoms with E-state index in [0.29, 0.717) is 44.4 Å². The fourth-order valence-electron chi connectivity index (χ4n) is 2.73. The second kappa shape index (κ2) is 7.73. The molecule has 0 saturated carbocycles. The first-order valence-corrected chi connectivity index (χ1v) is 8.54. The molecule has 7 nitrogen and oxygen atoms in total. The Labute approximate surface area is 158 Å². The Kier molecular flexibility index (Phi) is 5.56. The van der Waals surface area contributed by atoms with Crippen molar-refractivity contribution in [1.29, 1.82) is 0 Å². The molecule has 0 unspecified atom stereocenters. The van der Waals surface area contributed by atoms with Crippen LogP contribution in [0.2, 0.25) is 5.02 Å². The average Bonchev–Trinajstić information content (AvgIpc) is 3.01. The number of hydrogen-bond acceptors (Lipinski definition) is 5. The Hall–Kier alpha value is -2.33. The number of halogens is 4. The van der Waals surface area contributed by atoms with Crippen LogP contribution in [0.15, 0.2) is 22.7 Å². The molecule has 2 amide bonds. The van der Waals surface area contributed by atoms with Crippen LogP contribution in [0.25, 0.3) is 0 Å². The van der Waals surface area contributed by atoms with Crippen molar-refractivity contribution >= 4 is 23.3 Å². The number of benzene rings is 1. The molecule has 0 spiro atoms. The van der Waals surface area contributed by atoms with Crippen LogP contribution in [0.4, 0.5) is 23.7 Å². The number of hydrogen-bond donors (Lipinski definition) is 1. The van der Waals surface area contributed by atoms with Gasteiger partial charge in [0, 0.05) is 31.9 Å². The highest BCUT2D eigenvalue weighted by Crippen LogP contribution is 2.36. The number of carbonyl (C=O) groups excluding carboxylic acids is 1. The summed E-state index contributed by atoms with van der Waals surface area (Å²) >= 11 is 5.58. The summed E-state index contributed by atoms with van der Waals surface area (Å²) in [5.41, 5.74) is -0.942. The van der Waals surface area contributed by atoms with Crippen LogP contribution in [0.1, 0.15) is 17.3 Å². The van der Waals surface area contributed by atoms with E-state index in [1.165, 1.54) is 11.0 Å². The van der Waals surface area contributed by atoms with Crippen molar-refractivity contribution in [1.82, 2.24) is 19.9 Å². The number of nitrogens with zero attached hydrogens (tertiary/aromatic N) is 4. The molecular formula is C16H17ClF3N5O2. The Morgan fingerprint density at radius 2 is 2.00 bits per heavy atom. The lowest BCUT2D eigenvalue weighted by atomic mass is 10.2. The maximum absolute atomic E-state index is 12.9. The van der Waals surface area contributed by atoms with Gasteiger partial charge in [-0.1, -0.05) is 16.8 Å². The topological polar surface area (TPSA) is 74.5 Å². The van der Waals surface area contributed by atoms with E-state index in [1.807, 2.05) is 0 Å². The van der Waals surface area contributed by atoms with Gasteiger partial charge in [0.15, 0.2) is 5.82 Å². The summed E-state index contributed by atoms with van der Waals surface area (Å²) < 4.78 is 43.8. The van der Waals surface area contributed by atoms with Crippen LogP contribution in [0, 0.1) is 6.92 Å². The molecule has 0 bridgehead atoms. The molecule has 27 heavy (non-hydrogen) atoms. The molecule has 0 radical (unpaired) electrons. The molecule has 3 rings (SSSR count). The summed E-state index contributed by atoms with van der Waals surface area (Å²) in [6.07, 6.45) is -4.59. The van der Waals surface area contributed by atoms with Crippen LogP contribution < -0.4 is 5.32 Å². The van der Waals surface area contributed by atoms with Gasteiger partial charge in [0.1, 0.15) is 0 Å². The number of carbonyl (C=O) groups is 1. The van der Waals surface area contributed by atoms with Crippen molar-refractivity contribution in [2.24, 2.45) is 0 Å². The van der Waals surface area contributed by atoms with Gasteiger partial charge in [0.25, 0.3) is 0 Å². The number of aromatic nitrogens is 2. The lowest BCUT2D eigenvalue weighted by Crippen LogP contribution is -2.49. The molecule has 1 aliphatic rings. The molecule has 0 atom stereocenters. The number of rotatable bonds is 3. The maximum Gasteiger partial charge on any atom is 0.417 e. The third kappa shape index (κ3) is 4.89. The van der Waals surface area contributed by atoms with Crippen molar-refractivity contribution in [2.45, 2.75) is 19.6 Å². The zero-order valence-corrected chi connectivity index (χ0v) is 15.1. The molecule has 1 N–H and O–H groups in total. The van der Waals surface area contributed by atoms with Crippen LogP contribution in [0.5, 0.6) is 0 Å². The Balaban J connectivity index is 1.55. The van der Waals surface area contributed by atoms with Crippen molar-refractivity contribution in [3.05, 3.63) is 40.5 Å². The zero-order chi connectivity index (χ0) is 19.6. The second-order valence-corrected chi connectivity index (χ2v) is 6.53. The largest absolute Gasteiger partial charge is 0.417 e. The standard InChI is InChI=1S/C16H17ClF3N5O2/c1-10-21-14(27-23-10)9-24-4-6-25(7-5-24)15(26)22-11-2-3-13(17)12(8-11)16(18,19)20/h2-3,8H,4-7,9H2,1H3,(H,22,26). The highest BCUT2D eigenvalue weighted by atomic mass is 35.5. The van der Waals surface area contributed by atoms with Crippen LogP contribution in [-0.4, -0.2) is 52.2 Å². The number of piperazine rings is 1. The fraction of sp³-hybridized carbons (Fsp3) is 0.438. The van der Waals surface area contributed by atoms with Gasteiger partial charge in [-0.3, -0.25) is 4.90 Å². The van der Waals surface area contributed by atoms with Gasteiger partial charge in [-0.25, -0.2) is 4.79 Å². The number of aryl methyl sites for hydroxylation is 1. The van der Waals surface area contributed by atoms with Crippen molar-refractivity contribution in [2.75, 3.05) is 31.5 Å². The van der Waals surface area contributed by atoms with E-state index in [1.54, 1.807) is 6.92 Å². The van der Waals surface area contributed by atoms with E-state index in [0.717, 1.165) is 12.1 Å². The average molecular weight is 404 g/mol. The highest BCUT2D eigenvalue weighted by Gasteiger charge is 2.33. The second-order valence-electron chi connectivity index (χ2n) is 6.12. The monoisotopic (exact) mass is 403 g/mol. The quantitative estimate of drug-likeness (QED) is 0.850. The Bertz CT molecular complexity index is 819. The first-order chi connectivity index (χ1) is 12.7. The smallest absolute Gasteiger partial charge is 0.338 e. The minimum absolute atomic E-state index is 0.0421. The zero-order valence-electron chi connectivity index (χ0n) is 14.4. The third-order valence-electron chi connectivity index (χ3n) is 4.11. The molecule has 2 aromatic rings. The van der Waals surface area contributed by atoms with Gasteiger partial charge < -0.3 is 14.7 Å². The van der Waals surface area contributed by atoms with Gasteiger partial charge in [0.2, 0.25) is 5.89 Å². The summed E-state index contributed by atoms with van der Waals surface area (Å²) in [4.78, 5) is 20.1. The summed E-state index contributed by atoms with van der Waals surface area (Å²) in [6, 6.07) is 2.82. The van der Waals surface area contributed by atoms with Gasteiger partial charge in [0.05, 0.1) is 17.1 Å². The molecule has 1 saturated heterocycles. The minimum Gasteiger partial charge on any atom is -0.338 e. The summed E-state index contributed by atoms with van der Waals surface area (Å²) in [5.74, 6) is 1.07. The number of nitrogens with one attached hydrogen (secondary N) is 1. The predicted octanol–water partition coefficient (Wildman–Crippen LogP) is 3.40. The molecule has 0 aliphatic carbocycles. The molecular weight excluding hydrogens is 387 g/mol. The summed E-state index contributed by atoms with van der Waals surface area (Å²) in [6.45, 7) is 4.25. The SMILES string of the molecule is Cc1noc(CN2CCN(C(=O)Nc3ccc(Cl)c(C(F)(F)F)c3)CC2)n1. The molecule has 146 valence electrons. The molecule has 1 aromatic heterocycles. The van der Waals surface area contributed by atoms with E-state index in [9.17, 15) is 18.0 Å². The summed E-state index contributed by atoms with van der Waals surface area (Å²) in [5, 5.41) is 5.80. The molecule has 11 heteroatoms. The van der Waals surface area contributed by atoms with Crippen molar-refractivity contribution in [3.8, 4) is 0 Å². The first-order valence-electron chi connectivity index (χ1n) is 8.16. The lowest BCUT2D eigenvalue weighted by molar-refractivity contribution is -0.137. The van der Waals surface area contributed by atoms with E-state index >= 15 is 0 Å². The van der Waals surface area contributed by atoms with Gasteiger partial charge in [-0.2, -0.15) is 18.2 Å². The molecule has 1 aromatic carbocycles. The van der Waals surface area contributed by atoms with E-state index in [-0.39, 0.29) is 5.69 Å². The number of alkyl halides is 3. The Morgan fingerprint density at radius 3 is 2.59 bits per heavy atom. The molecule has 1 aliphatic heterocycles. The maximum atomic E-state index is 12.9. The van der Waals surface area contributed by atoms with Crippen LogP contribution >= 0.6 is 11.6 Å². The normalized spacial score (nSPS) is 15.8. The van der Waals surface area contributed by atoms with E-state index in [2.05, 4.69) is 20.4 Å².